The van der Waals surface area contributed by atoms with Crippen molar-refractivity contribution < 1.29 is 19.0 Å². The first-order valence-corrected chi connectivity index (χ1v) is 9.30. The monoisotopic (exact) mass is 323 g/mol. The summed E-state index contributed by atoms with van der Waals surface area (Å²) >= 11 is 0. The standard InChI is InChI=1S/C18H29NO4/c20-17(13-22-6-3-19-1-4-21-5-2-19)23-18-10-14-7-15(11-18)9-16(8-14)12-18/h14-16H,1-13H2. The van der Waals surface area contributed by atoms with Gasteiger partial charge in [0, 0.05) is 19.6 Å². The minimum atomic E-state index is -0.158. The highest BCUT2D eigenvalue weighted by Crippen LogP contribution is 2.57. The van der Waals surface area contributed by atoms with Crippen LogP contribution in [0, 0.1) is 17.8 Å². The number of esters is 1. The molecule has 1 heterocycles. The second-order valence-corrected chi connectivity index (χ2v) is 8.08. The second-order valence-electron chi connectivity index (χ2n) is 8.08. The molecule has 4 bridgehead atoms. The van der Waals surface area contributed by atoms with E-state index in [4.69, 9.17) is 14.2 Å². The van der Waals surface area contributed by atoms with Crippen molar-refractivity contribution in [1.82, 2.24) is 4.90 Å². The average Bonchev–Trinajstić information content (AvgIpc) is 2.51. The first-order valence-electron chi connectivity index (χ1n) is 9.30. The number of carbonyl (C=O) groups is 1. The molecule has 0 aromatic rings. The molecule has 0 amide bonds. The van der Waals surface area contributed by atoms with Gasteiger partial charge >= 0.3 is 5.97 Å². The Bertz CT molecular complexity index is 397. The third-order valence-electron chi connectivity index (χ3n) is 6.19. The van der Waals surface area contributed by atoms with Crippen LogP contribution in [0.25, 0.3) is 0 Å². The van der Waals surface area contributed by atoms with Crippen molar-refractivity contribution in [3.8, 4) is 0 Å². The molecule has 130 valence electrons. The number of morpholine rings is 1. The molecule has 0 spiro atoms. The average molecular weight is 323 g/mol. The van der Waals surface area contributed by atoms with Crippen LogP contribution in [0.1, 0.15) is 38.5 Å². The highest BCUT2D eigenvalue weighted by Gasteiger charge is 2.53. The van der Waals surface area contributed by atoms with Crippen molar-refractivity contribution in [2.75, 3.05) is 46.1 Å². The number of rotatable bonds is 6. The Morgan fingerprint density at radius 3 is 2.26 bits per heavy atom. The third-order valence-corrected chi connectivity index (χ3v) is 6.19. The topological polar surface area (TPSA) is 48.0 Å². The van der Waals surface area contributed by atoms with Gasteiger partial charge in [-0.15, -0.1) is 0 Å². The van der Waals surface area contributed by atoms with E-state index in [2.05, 4.69) is 4.90 Å². The normalized spacial score (nSPS) is 39.6. The van der Waals surface area contributed by atoms with E-state index in [9.17, 15) is 4.79 Å². The summed E-state index contributed by atoms with van der Waals surface area (Å²) in [4.78, 5) is 14.5. The molecule has 23 heavy (non-hydrogen) atoms. The molecular weight excluding hydrogens is 294 g/mol. The molecule has 5 heteroatoms. The van der Waals surface area contributed by atoms with Gasteiger partial charge in [-0.05, 0) is 56.3 Å². The summed E-state index contributed by atoms with van der Waals surface area (Å²) in [5.41, 5.74) is -0.139. The summed E-state index contributed by atoms with van der Waals surface area (Å²) in [5, 5.41) is 0. The van der Waals surface area contributed by atoms with Crippen LogP contribution in [0.2, 0.25) is 0 Å². The van der Waals surface area contributed by atoms with Crippen LogP contribution in [0.3, 0.4) is 0 Å². The van der Waals surface area contributed by atoms with E-state index in [-0.39, 0.29) is 18.2 Å². The maximum Gasteiger partial charge on any atom is 0.332 e. The van der Waals surface area contributed by atoms with Gasteiger partial charge in [-0.1, -0.05) is 0 Å². The summed E-state index contributed by atoms with van der Waals surface area (Å²) in [6.07, 6.45) is 7.39. The number of carbonyl (C=O) groups excluding carboxylic acids is 1. The molecule has 5 rings (SSSR count). The number of hydrogen-bond donors (Lipinski definition) is 0. The quantitative estimate of drug-likeness (QED) is 0.551. The lowest BCUT2D eigenvalue weighted by Crippen LogP contribution is -2.53. The molecule has 0 atom stereocenters. The lowest BCUT2D eigenvalue weighted by atomic mass is 9.54. The van der Waals surface area contributed by atoms with Crippen molar-refractivity contribution in [3.63, 3.8) is 0 Å². The van der Waals surface area contributed by atoms with Gasteiger partial charge in [0.15, 0.2) is 0 Å². The SMILES string of the molecule is O=C(COCCN1CCOCC1)OC12CC3CC(CC(C3)C1)C2. The fraction of sp³-hybridized carbons (Fsp3) is 0.944. The minimum absolute atomic E-state index is 0.103. The van der Waals surface area contributed by atoms with Crippen molar-refractivity contribution in [2.24, 2.45) is 17.8 Å². The van der Waals surface area contributed by atoms with Crippen LogP contribution in [-0.2, 0) is 19.0 Å². The van der Waals surface area contributed by atoms with Crippen LogP contribution in [-0.4, -0.2) is 62.5 Å². The van der Waals surface area contributed by atoms with Gasteiger partial charge < -0.3 is 14.2 Å². The Morgan fingerprint density at radius 1 is 1.04 bits per heavy atom. The van der Waals surface area contributed by atoms with Crippen molar-refractivity contribution in [2.45, 2.75) is 44.1 Å². The summed E-state index contributed by atoms with van der Waals surface area (Å²) in [5.74, 6) is 2.25. The highest BCUT2D eigenvalue weighted by molar-refractivity contribution is 5.71. The molecule has 0 radical (unpaired) electrons. The van der Waals surface area contributed by atoms with Crippen LogP contribution in [0.15, 0.2) is 0 Å². The van der Waals surface area contributed by atoms with Crippen LogP contribution in [0.4, 0.5) is 0 Å². The summed E-state index contributed by atoms with van der Waals surface area (Å²) in [6.45, 7) is 5.08. The van der Waals surface area contributed by atoms with E-state index in [1.807, 2.05) is 0 Å². The van der Waals surface area contributed by atoms with E-state index in [1.165, 1.54) is 19.3 Å². The number of ether oxygens (including phenoxy) is 3. The zero-order valence-corrected chi connectivity index (χ0v) is 14.0. The summed E-state index contributed by atoms with van der Waals surface area (Å²) in [6, 6.07) is 0. The van der Waals surface area contributed by atoms with Crippen molar-refractivity contribution in [1.29, 1.82) is 0 Å². The molecule has 4 saturated carbocycles. The predicted octanol–water partition coefficient (Wildman–Crippen LogP) is 1.85. The fourth-order valence-corrected chi connectivity index (χ4v) is 5.60. The molecule has 0 aromatic heterocycles. The van der Waals surface area contributed by atoms with Gasteiger partial charge in [0.05, 0.1) is 19.8 Å². The van der Waals surface area contributed by atoms with E-state index in [0.717, 1.165) is 69.9 Å². The van der Waals surface area contributed by atoms with Crippen LogP contribution >= 0.6 is 0 Å². The summed E-state index contributed by atoms with van der Waals surface area (Å²) in [7, 11) is 0. The molecule has 0 aromatic carbocycles. The van der Waals surface area contributed by atoms with Gasteiger partial charge in [0.1, 0.15) is 12.2 Å². The van der Waals surface area contributed by atoms with Crippen LogP contribution in [0.5, 0.6) is 0 Å². The highest BCUT2D eigenvalue weighted by atomic mass is 16.6. The Labute approximate surface area is 138 Å². The molecule has 4 aliphatic carbocycles. The zero-order chi connectivity index (χ0) is 15.7. The minimum Gasteiger partial charge on any atom is -0.457 e. The largest absolute Gasteiger partial charge is 0.457 e. The van der Waals surface area contributed by atoms with E-state index < -0.39 is 0 Å². The van der Waals surface area contributed by atoms with Gasteiger partial charge in [0.2, 0.25) is 0 Å². The maximum atomic E-state index is 12.2. The van der Waals surface area contributed by atoms with Gasteiger partial charge in [-0.2, -0.15) is 0 Å². The van der Waals surface area contributed by atoms with E-state index in [0.29, 0.717) is 6.61 Å². The van der Waals surface area contributed by atoms with Crippen molar-refractivity contribution >= 4 is 5.97 Å². The lowest BCUT2D eigenvalue weighted by molar-refractivity contribution is -0.190. The van der Waals surface area contributed by atoms with Gasteiger partial charge in [0.25, 0.3) is 0 Å². The summed E-state index contributed by atoms with van der Waals surface area (Å²) < 4.78 is 16.8. The first kappa shape index (κ1) is 15.9. The van der Waals surface area contributed by atoms with Gasteiger partial charge in [-0.3, -0.25) is 4.90 Å². The second kappa shape index (κ2) is 6.69. The predicted molar refractivity (Wildman–Crippen MR) is 85.1 cm³/mol. The molecule has 5 fully saturated rings. The van der Waals surface area contributed by atoms with E-state index >= 15 is 0 Å². The Morgan fingerprint density at radius 2 is 1.65 bits per heavy atom. The zero-order valence-electron chi connectivity index (χ0n) is 14.0. The Hall–Kier alpha value is -0.650. The first-order chi connectivity index (χ1) is 11.2. The van der Waals surface area contributed by atoms with Crippen LogP contribution < -0.4 is 0 Å². The molecule has 5 aliphatic rings. The fourth-order valence-electron chi connectivity index (χ4n) is 5.60. The molecule has 0 N–H and O–H groups in total. The Balaban J connectivity index is 1.18. The molecule has 1 saturated heterocycles. The van der Waals surface area contributed by atoms with Gasteiger partial charge in [-0.25, -0.2) is 4.79 Å². The smallest absolute Gasteiger partial charge is 0.332 e. The van der Waals surface area contributed by atoms with Crippen molar-refractivity contribution in [3.05, 3.63) is 0 Å². The maximum absolute atomic E-state index is 12.2. The third kappa shape index (κ3) is 3.72. The molecule has 0 unspecified atom stereocenters. The molecule has 5 nitrogen and oxygen atoms in total. The Kier molecular flexibility index (Phi) is 4.61. The van der Waals surface area contributed by atoms with E-state index in [1.54, 1.807) is 0 Å². The molecular formula is C18H29NO4. The lowest BCUT2D eigenvalue weighted by Gasteiger charge is -2.55. The number of hydrogen-bond acceptors (Lipinski definition) is 5. The number of nitrogens with zero attached hydrogens (tertiary/aromatic N) is 1. The molecule has 1 aliphatic heterocycles.